The number of fused-ring (bicyclic) bond motifs is 1. The zero-order valence-corrected chi connectivity index (χ0v) is 8.47. The van der Waals surface area contributed by atoms with Gasteiger partial charge in [0.25, 0.3) is 0 Å². The van der Waals surface area contributed by atoms with Crippen LogP contribution in [0.2, 0.25) is 0 Å². The average molecular weight is 200 g/mol. The van der Waals surface area contributed by atoms with Gasteiger partial charge in [-0.1, -0.05) is 18.2 Å². The van der Waals surface area contributed by atoms with Gasteiger partial charge in [-0.2, -0.15) is 0 Å². The van der Waals surface area contributed by atoms with Crippen LogP contribution in [0.1, 0.15) is 18.4 Å². The zero-order chi connectivity index (χ0) is 10.8. The molecule has 1 aromatic carbocycles. The minimum absolute atomic E-state index is 0.280. The second-order valence-electron chi connectivity index (χ2n) is 3.54. The lowest BCUT2D eigenvalue weighted by molar-refractivity contribution is -0.119. The van der Waals surface area contributed by atoms with E-state index in [0.29, 0.717) is 0 Å². The summed E-state index contributed by atoms with van der Waals surface area (Å²) in [4.78, 5) is 15.4. The van der Waals surface area contributed by atoms with E-state index in [1.54, 1.807) is 6.20 Å². The Morgan fingerprint density at radius 3 is 2.87 bits per heavy atom. The van der Waals surface area contributed by atoms with E-state index in [1.165, 1.54) is 0 Å². The maximum Gasteiger partial charge on any atom is 0.224 e. The summed E-state index contributed by atoms with van der Waals surface area (Å²) >= 11 is 0. The largest absolute Gasteiger partial charge is 0.369 e. The fraction of sp³-hybridized carbons (Fsp3) is 0.167. The smallest absolute Gasteiger partial charge is 0.224 e. The molecule has 0 fully saturated rings. The van der Waals surface area contributed by atoms with E-state index in [-0.39, 0.29) is 11.8 Å². The van der Waals surface area contributed by atoms with Crippen molar-refractivity contribution < 1.29 is 4.79 Å². The van der Waals surface area contributed by atoms with Gasteiger partial charge in [0.15, 0.2) is 0 Å². The molecule has 1 heterocycles. The van der Waals surface area contributed by atoms with Gasteiger partial charge in [-0.3, -0.25) is 9.78 Å². The van der Waals surface area contributed by atoms with E-state index in [4.69, 9.17) is 5.73 Å². The summed E-state index contributed by atoms with van der Waals surface area (Å²) in [6.45, 7) is 1.81. The van der Waals surface area contributed by atoms with Gasteiger partial charge in [0.05, 0.1) is 11.4 Å². The Morgan fingerprint density at radius 1 is 1.33 bits per heavy atom. The van der Waals surface area contributed by atoms with Gasteiger partial charge in [0, 0.05) is 11.6 Å². The molecule has 0 spiro atoms. The van der Waals surface area contributed by atoms with Crippen molar-refractivity contribution in [3.63, 3.8) is 0 Å². The van der Waals surface area contributed by atoms with Crippen LogP contribution in [0.5, 0.6) is 0 Å². The first kappa shape index (κ1) is 9.65. The van der Waals surface area contributed by atoms with Crippen molar-refractivity contribution in [3.05, 3.63) is 42.1 Å². The van der Waals surface area contributed by atoms with Crippen LogP contribution in [-0.4, -0.2) is 10.9 Å². The van der Waals surface area contributed by atoms with Crippen molar-refractivity contribution in [3.8, 4) is 0 Å². The first-order chi connectivity index (χ1) is 7.20. The SMILES string of the molecule is CC(C(N)=O)c1cccc2ncccc12. The number of pyridine rings is 1. The number of hydrogen-bond acceptors (Lipinski definition) is 2. The topological polar surface area (TPSA) is 56.0 Å². The van der Waals surface area contributed by atoms with E-state index >= 15 is 0 Å². The van der Waals surface area contributed by atoms with Crippen LogP contribution in [-0.2, 0) is 4.79 Å². The molecule has 2 aromatic rings. The quantitative estimate of drug-likeness (QED) is 0.803. The maximum atomic E-state index is 11.1. The van der Waals surface area contributed by atoms with E-state index in [2.05, 4.69) is 4.98 Å². The molecule has 1 amide bonds. The Hall–Kier alpha value is -1.90. The third-order valence-electron chi connectivity index (χ3n) is 2.57. The first-order valence-electron chi connectivity index (χ1n) is 4.83. The number of hydrogen-bond donors (Lipinski definition) is 1. The number of benzene rings is 1. The molecule has 1 atom stereocenters. The summed E-state index contributed by atoms with van der Waals surface area (Å²) in [5.41, 5.74) is 7.13. The highest BCUT2D eigenvalue weighted by Gasteiger charge is 2.14. The molecule has 2 N–H and O–H groups in total. The Balaban J connectivity index is 2.65. The number of nitrogens with two attached hydrogens (primary N) is 1. The standard InChI is InChI=1S/C12H12N2O/c1-8(12(13)15)9-4-2-6-11-10(9)5-3-7-14-11/h2-8H,1H3,(H2,13,15). The highest BCUT2D eigenvalue weighted by atomic mass is 16.1. The molecule has 0 aliphatic heterocycles. The third-order valence-corrected chi connectivity index (χ3v) is 2.57. The number of aromatic nitrogens is 1. The fourth-order valence-corrected chi connectivity index (χ4v) is 1.66. The number of amides is 1. The number of carbonyl (C=O) groups is 1. The van der Waals surface area contributed by atoms with Gasteiger partial charge in [-0.15, -0.1) is 0 Å². The normalized spacial score (nSPS) is 12.6. The number of rotatable bonds is 2. The molecule has 0 aliphatic carbocycles. The summed E-state index contributed by atoms with van der Waals surface area (Å²) in [7, 11) is 0. The summed E-state index contributed by atoms with van der Waals surface area (Å²) in [5.74, 6) is -0.593. The van der Waals surface area contributed by atoms with Gasteiger partial charge in [-0.25, -0.2) is 0 Å². The van der Waals surface area contributed by atoms with Gasteiger partial charge in [0.2, 0.25) is 5.91 Å². The predicted octanol–water partition coefficient (Wildman–Crippen LogP) is 1.82. The molecular formula is C12H12N2O. The van der Waals surface area contributed by atoms with E-state index in [0.717, 1.165) is 16.5 Å². The Labute approximate surface area is 87.9 Å². The summed E-state index contributed by atoms with van der Waals surface area (Å²) in [6, 6.07) is 9.55. The van der Waals surface area contributed by atoms with E-state index < -0.39 is 0 Å². The highest BCUT2D eigenvalue weighted by molar-refractivity contribution is 5.90. The maximum absolute atomic E-state index is 11.1. The van der Waals surface area contributed by atoms with Crippen molar-refractivity contribution in [2.24, 2.45) is 5.73 Å². The Kier molecular flexibility index (Phi) is 2.37. The van der Waals surface area contributed by atoms with Gasteiger partial charge in [0.1, 0.15) is 0 Å². The fourth-order valence-electron chi connectivity index (χ4n) is 1.66. The van der Waals surface area contributed by atoms with Crippen LogP contribution >= 0.6 is 0 Å². The van der Waals surface area contributed by atoms with Crippen molar-refractivity contribution >= 4 is 16.8 Å². The predicted molar refractivity (Wildman–Crippen MR) is 59.4 cm³/mol. The molecule has 15 heavy (non-hydrogen) atoms. The monoisotopic (exact) mass is 200 g/mol. The lowest BCUT2D eigenvalue weighted by atomic mass is 9.96. The summed E-state index contributed by atoms with van der Waals surface area (Å²) in [6.07, 6.45) is 1.74. The molecule has 0 radical (unpaired) electrons. The second-order valence-corrected chi connectivity index (χ2v) is 3.54. The molecule has 76 valence electrons. The minimum Gasteiger partial charge on any atom is -0.369 e. The van der Waals surface area contributed by atoms with Crippen molar-refractivity contribution in [2.75, 3.05) is 0 Å². The Morgan fingerprint density at radius 2 is 2.13 bits per heavy atom. The van der Waals surface area contributed by atoms with Gasteiger partial charge in [-0.05, 0) is 24.6 Å². The van der Waals surface area contributed by atoms with Crippen molar-refractivity contribution in [1.82, 2.24) is 4.98 Å². The summed E-state index contributed by atoms with van der Waals surface area (Å²) in [5, 5.41) is 0.992. The van der Waals surface area contributed by atoms with Crippen LogP contribution in [0.3, 0.4) is 0 Å². The molecule has 0 saturated carbocycles. The molecule has 1 unspecified atom stereocenters. The van der Waals surface area contributed by atoms with Gasteiger partial charge >= 0.3 is 0 Å². The number of primary amides is 1. The highest BCUT2D eigenvalue weighted by Crippen LogP contribution is 2.23. The lowest BCUT2D eigenvalue weighted by Gasteiger charge is -2.10. The average Bonchev–Trinajstić information content (AvgIpc) is 2.27. The molecule has 2 rings (SSSR count). The van der Waals surface area contributed by atoms with Crippen LogP contribution in [0.15, 0.2) is 36.5 Å². The molecule has 0 aliphatic rings. The second kappa shape index (κ2) is 3.69. The molecular weight excluding hydrogens is 188 g/mol. The van der Waals surface area contributed by atoms with Crippen LogP contribution in [0.25, 0.3) is 10.9 Å². The van der Waals surface area contributed by atoms with E-state index in [1.807, 2.05) is 37.3 Å². The van der Waals surface area contributed by atoms with Gasteiger partial charge < -0.3 is 5.73 Å². The molecule has 1 aromatic heterocycles. The minimum atomic E-state index is -0.314. The molecule has 3 heteroatoms. The third kappa shape index (κ3) is 1.68. The number of nitrogens with zero attached hydrogens (tertiary/aromatic N) is 1. The number of carbonyl (C=O) groups excluding carboxylic acids is 1. The molecule has 3 nitrogen and oxygen atoms in total. The zero-order valence-electron chi connectivity index (χ0n) is 8.47. The van der Waals surface area contributed by atoms with Crippen molar-refractivity contribution in [1.29, 1.82) is 0 Å². The van der Waals surface area contributed by atoms with Crippen LogP contribution < -0.4 is 5.73 Å². The lowest BCUT2D eigenvalue weighted by Crippen LogP contribution is -2.18. The molecule has 0 bridgehead atoms. The first-order valence-corrected chi connectivity index (χ1v) is 4.83. The Bertz CT molecular complexity index is 502. The van der Waals surface area contributed by atoms with Crippen LogP contribution in [0, 0.1) is 0 Å². The van der Waals surface area contributed by atoms with Crippen LogP contribution in [0.4, 0.5) is 0 Å². The summed E-state index contributed by atoms with van der Waals surface area (Å²) < 4.78 is 0. The van der Waals surface area contributed by atoms with E-state index in [9.17, 15) is 4.79 Å². The van der Waals surface area contributed by atoms with Crippen molar-refractivity contribution in [2.45, 2.75) is 12.8 Å². The molecule has 0 saturated heterocycles.